The first-order valence-electron chi connectivity index (χ1n) is 10.0. The lowest BCUT2D eigenvalue weighted by Gasteiger charge is -2.34. The van der Waals surface area contributed by atoms with Crippen LogP contribution in [0.25, 0.3) is 0 Å². The van der Waals surface area contributed by atoms with Crippen molar-refractivity contribution in [2.75, 3.05) is 37.7 Å². The van der Waals surface area contributed by atoms with Crippen molar-refractivity contribution in [3.05, 3.63) is 60.4 Å². The standard InChI is InChI=1S/C22H30N4O2/c23-11-5-15-28-21-9-13-25(14-10-21)22(27)18-26(20-7-2-1-3-8-20)17-19-6-4-12-24-16-19/h1-4,6-8,12,16,21H,5,9-11,13-15,17-18,23H2. The molecular weight excluding hydrogens is 352 g/mol. The first-order chi connectivity index (χ1) is 13.8. The molecule has 1 fully saturated rings. The van der Waals surface area contributed by atoms with Gasteiger partial charge in [0.15, 0.2) is 0 Å². The summed E-state index contributed by atoms with van der Waals surface area (Å²) in [5.41, 5.74) is 7.64. The van der Waals surface area contributed by atoms with E-state index in [1.807, 2.05) is 53.6 Å². The lowest BCUT2D eigenvalue weighted by atomic mass is 10.1. The SMILES string of the molecule is NCCCOC1CCN(C(=O)CN(Cc2cccnc2)c2ccccc2)CC1. The highest BCUT2D eigenvalue weighted by molar-refractivity contribution is 5.81. The number of carbonyl (C=O) groups is 1. The zero-order valence-electron chi connectivity index (χ0n) is 16.4. The molecule has 3 rings (SSSR count). The van der Waals surface area contributed by atoms with E-state index in [4.69, 9.17) is 10.5 Å². The number of piperidine rings is 1. The summed E-state index contributed by atoms with van der Waals surface area (Å²) >= 11 is 0. The molecule has 1 saturated heterocycles. The second-order valence-corrected chi connectivity index (χ2v) is 7.15. The highest BCUT2D eigenvalue weighted by Crippen LogP contribution is 2.19. The third kappa shape index (κ3) is 6.04. The van der Waals surface area contributed by atoms with E-state index in [2.05, 4.69) is 9.88 Å². The number of amides is 1. The number of rotatable bonds is 9. The number of hydrogen-bond donors (Lipinski definition) is 1. The number of ether oxygens (including phenoxy) is 1. The van der Waals surface area contributed by atoms with E-state index in [0.29, 0.717) is 26.2 Å². The van der Waals surface area contributed by atoms with Crippen LogP contribution in [-0.2, 0) is 16.1 Å². The summed E-state index contributed by atoms with van der Waals surface area (Å²) < 4.78 is 5.85. The molecule has 1 aromatic heterocycles. The summed E-state index contributed by atoms with van der Waals surface area (Å²) in [5.74, 6) is 0.160. The molecule has 0 unspecified atom stereocenters. The molecule has 6 heteroatoms. The molecular formula is C22H30N4O2. The van der Waals surface area contributed by atoms with Crippen LogP contribution in [0.4, 0.5) is 5.69 Å². The molecule has 0 saturated carbocycles. The monoisotopic (exact) mass is 382 g/mol. The third-order valence-electron chi connectivity index (χ3n) is 5.04. The van der Waals surface area contributed by atoms with Gasteiger partial charge in [0.25, 0.3) is 0 Å². The summed E-state index contributed by atoms with van der Waals surface area (Å²) in [6, 6.07) is 14.0. The number of carbonyl (C=O) groups excluding carboxylic acids is 1. The molecule has 2 heterocycles. The van der Waals surface area contributed by atoms with Gasteiger partial charge in [0, 0.05) is 44.3 Å². The number of aromatic nitrogens is 1. The molecule has 28 heavy (non-hydrogen) atoms. The zero-order chi connectivity index (χ0) is 19.6. The maximum absolute atomic E-state index is 13.0. The van der Waals surface area contributed by atoms with E-state index in [9.17, 15) is 4.79 Å². The number of benzene rings is 1. The highest BCUT2D eigenvalue weighted by atomic mass is 16.5. The zero-order valence-corrected chi connectivity index (χ0v) is 16.4. The molecule has 1 aromatic carbocycles. The molecule has 2 aromatic rings. The van der Waals surface area contributed by atoms with Crippen LogP contribution in [0.1, 0.15) is 24.8 Å². The minimum absolute atomic E-state index is 0.160. The van der Waals surface area contributed by atoms with Gasteiger partial charge >= 0.3 is 0 Å². The van der Waals surface area contributed by atoms with Gasteiger partial charge in [0.2, 0.25) is 5.91 Å². The number of para-hydroxylation sites is 1. The van der Waals surface area contributed by atoms with Gasteiger partial charge < -0.3 is 20.3 Å². The fraction of sp³-hybridized carbons (Fsp3) is 0.455. The van der Waals surface area contributed by atoms with Crippen LogP contribution in [-0.4, -0.2) is 54.7 Å². The summed E-state index contributed by atoms with van der Waals surface area (Å²) in [7, 11) is 0. The molecule has 1 aliphatic rings. The number of nitrogens with two attached hydrogens (primary N) is 1. The van der Waals surface area contributed by atoms with Crippen molar-refractivity contribution in [2.45, 2.75) is 31.9 Å². The molecule has 2 N–H and O–H groups in total. The molecule has 0 bridgehead atoms. The Morgan fingerprint density at radius 2 is 1.96 bits per heavy atom. The average Bonchev–Trinajstić information content (AvgIpc) is 2.75. The summed E-state index contributed by atoms with van der Waals surface area (Å²) in [6.45, 7) is 3.88. The Labute approximate surface area is 167 Å². The smallest absolute Gasteiger partial charge is 0.242 e. The summed E-state index contributed by atoms with van der Waals surface area (Å²) in [5, 5.41) is 0. The maximum Gasteiger partial charge on any atom is 0.242 e. The van der Waals surface area contributed by atoms with Gasteiger partial charge in [0.1, 0.15) is 0 Å². The van der Waals surface area contributed by atoms with Crippen molar-refractivity contribution >= 4 is 11.6 Å². The van der Waals surface area contributed by atoms with E-state index in [1.165, 1.54) is 0 Å². The first kappa shape index (κ1) is 20.3. The molecule has 0 atom stereocenters. The highest BCUT2D eigenvalue weighted by Gasteiger charge is 2.24. The largest absolute Gasteiger partial charge is 0.378 e. The van der Waals surface area contributed by atoms with E-state index in [-0.39, 0.29) is 12.0 Å². The van der Waals surface area contributed by atoms with E-state index in [1.54, 1.807) is 6.20 Å². The van der Waals surface area contributed by atoms with E-state index in [0.717, 1.165) is 43.6 Å². The minimum atomic E-state index is 0.160. The minimum Gasteiger partial charge on any atom is -0.378 e. The van der Waals surface area contributed by atoms with Gasteiger partial charge in [-0.2, -0.15) is 0 Å². The van der Waals surface area contributed by atoms with Crippen LogP contribution < -0.4 is 10.6 Å². The Kier molecular flexibility index (Phi) is 7.82. The van der Waals surface area contributed by atoms with Crippen LogP contribution in [0, 0.1) is 0 Å². The molecule has 0 radical (unpaired) electrons. The van der Waals surface area contributed by atoms with Gasteiger partial charge in [-0.05, 0) is 49.6 Å². The van der Waals surface area contributed by atoms with Crippen molar-refractivity contribution in [1.82, 2.24) is 9.88 Å². The second kappa shape index (κ2) is 10.8. The molecule has 0 spiro atoms. The lowest BCUT2D eigenvalue weighted by Crippen LogP contribution is -2.45. The van der Waals surface area contributed by atoms with E-state index >= 15 is 0 Å². The Hall–Kier alpha value is -2.44. The first-order valence-corrected chi connectivity index (χ1v) is 10.0. The van der Waals surface area contributed by atoms with Gasteiger partial charge in [-0.3, -0.25) is 9.78 Å². The Morgan fingerprint density at radius 3 is 2.64 bits per heavy atom. The quantitative estimate of drug-likeness (QED) is 0.675. The summed E-state index contributed by atoms with van der Waals surface area (Å²) in [6.07, 6.45) is 6.54. The van der Waals surface area contributed by atoms with Crippen LogP contribution >= 0.6 is 0 Å². The average molecular weight is 383 g/mol. The van der Waals surface area contributed by atoms with Crippen LogP contribution in [0.3, 0.4) is 0 Å². The Balaban J connectivity index is 1.57. The molecule has 0 aliphatic carbocycles. The number of pyridine rings is 1. The van der Waals surface area contributed by atoms with Gasteiger partial charge in [-0.25, -0.2) is 0 Å². The second-order valence-electron chi connectivity index (χ2n) is 7.15. The number of likely N-dealkylation sites (tertiary alicyclic amines) is 1. The van der Waals surface area contributed by atoms with Gasteiger partial charge in [-0.15, -0.1) is 0 Å². The fourth-order valence-corrected chi connectivity index (χ4v) is 3.46. The number of anilines is 1. The fourth-order valence-electron chi connectivity index (χ4n) is 3.46. The number of nitrogens with zero attached hydrogens (tertiary/aromatic N) is 3. The summed E-state index contributed by atoms with van der Waals surface area (Å²) in [4.78, 5) is 21.2. The predicted molar refractivity (Wildman–Crippen MR) is 111 cm³/mol. The van der Waals surface area contributed by atoms with Gasteiger partial charge in [-0.1, -0.05) is 24.3 Å². The Morgan fingerprint density at radius 1 is 1.18 bits per heavy atom. The molecule has 6 nitrogen and oxygen atoms in total. The van der Waals surface area contributed by atoms with Crippen LogP contribution in [0.5, 0.6) is 0 Å². The maximum atomic E-state index is 13.0. The third-order valence-corrected chi connectivity index (χ3v) is 5.04. The van der Waals surface area contributed by atoms with Crippen LogP contribution in [0.15, 0.2) is 54.9 Å². The topological polar surface area (TPSA) is 71.7 Å². The van der Waals surface area contributed by atoms with Gasteiger partial charge in [0.05, 0.1) is 12.6 Å². The normalized spacial score (nSPS) is 14.8. The van der Waals surface area contributed by atoms with E-state index < -0.39 is 0 Å². The molecule has 1 aliphatic heterocycles. The van der Waals surface area contributed by atoms with Crippen molar-refractivity contribution < 1.29 is 9.53 Å². The molecule has 150 valence electrons. The van der Waals surface area contributed by atoms with Crippen LogP contribution in [0.2, 0.25) is 0 Å². The lowest BCUT2D eigenvalue weighted by molar-refractivity contribution is -0.132. The number of hydrogen-bond acceptors (Lipinski definition) is 5. The Bertz CT molecular complexity index is 703. The van der Waals surface area contributed by atoms with Crippen molar-refractivity contribution in [1.29, 1.82) is 0 Å². The van der Waals surface area contributed by atoms with Crippen molar-refractivity contribution in [3.63, 3.8) is 0 Å². The molecule has 1 amide bonds. The van der Waals surface area contributed by atoms with Crippen molar-refractivity contribution in [2.24, 2.45) is 5.73 Å². The van der Waals surface area contributed by atoms with Crippen molar-refractivity contribution in [3.8, 4) is 0 Å². The predicted octanol–water partition coefficient (Wildman–Crippen LogP) is 2.44.